The van der Waals surface area contributed by atoms with Gasteiger partial charge in [-0.1, -0.05) is 49.0 Å². The van der Waals surface area contributed by atoms with E-state index in [-0.39, 0.29) is 12.1 Å². The van der Waals surface area contributed by atoms with Crippen LogP contribution in [0.15, 0.2) is 79.3 Å². The first kappa shape index (κ1) is 35.5. The van der Waals surface area contributed by atoms with Crippen LogP contribution in [0.2, 0.25) is 0 Å². The maximum atomic E-state index is 13.5. The number of rotatable bonds is 14. The summed E-state index contributed by atoms with van der Waals surface area (Å²) in [6, 6.07) is 12.5. The average molecular weight is 611 g/mol. The number of hydrogen-bond donors (Lipinski definition) is 4. The number of hydrogen-bond acceptors (Lipinski definition) is 6. The molecular formula is C33H43FN4O6. The number of nitrogens with zero attached hydrogens (tertiary/aromatic N) is 1. The van der Waals surface area contributed by atoms with Crippen LogP contribution in [0.5, 0.6) is 0 Å². The number of carboxylic acids is 1. The number of carbonyl (C=O) groups is 4. The van der Waals surface area contributed by atoms with Gasteiger partial charge in [-0.25, -0.2) is 14.0 Å². The van der Waals surface area contributed by atoms with Gasteiger partial charge in [0, 0.05) is 11.9 Å². The van der Waals surface area contributed by atoms with Crippen molar-refractivity contribution in [2.45, 2.75) is 84.0 Å². The number of amides is 3. The van der Waals surface area contributed by atoms with Gasteiger partial charge in [-0.2, -0.15) is 0 Å². The van der Waals surface area contributed by atoms with Gasteiger partial charge in [0.2, 0.25) is 11.8 Å². The van der Waals surface area contributed by atoms with Gasteiger partial charge in [-0.3, -0.25) is 9.59 Å². The SMILES string of the molecule is C=CN(/C=C(\C)NC(=O)C(CCCc1ccccc1)NC(=O)C(C)(C)NC(=O)OC(C)(C)C)C(C(=O)O)c1ccc(F)cc1. The van der Waals surface area contributed by atoms with Crippen LogP contribution < -0.4 is 16.0 Å². The molecular weight excluding hydrogens is 567 g/mol. The quantitative estimate of drug-likeness (QED) is 0.231. The minimum absolute atomic E-state index is 0.275. The molecule has 11 heteroatoms. The number of benzene rings is 2. The lowest BCUT2D eigenvalue weighted by atomic mass is 10.0. The van der Waals surface area contributed by atoms with E-state index < -0.39 is 52.9 Å². The smallest absolute Gasteiger partial charge is 0.408 e. The fourth-order valence-corrected chi connectivity index (χ4v) is 4.24. The van der Waals surface area contributed by atoms with Gasteiger partial charge in [-0.15, -0.1) is 0 Å². The first-order valence-electron chi connectivity index (χ1n) is 14.3. The highest BCUT2D eigenvalue weighted by Gasteiger charge is 2.34. The summed E-state index contributed by atoms with van der Waals surface area (Å²) in [4.78, 5) is 52.5. The highest BCUT2D eigenvalue weighted by molar-refractivity contribution is 5.94. The molecule has 0 aliphatic heterocycles. The first-order valence-corrected chi connectivity index (χ1v) is 14.3. The molecule has 3 amide bonds. The van der Waals surface area contributed by atoms with Crippen LogP contribution >= 0.6 is 0 Å². The van der Waals surface area contributed by atoms with Crippen molar-refractivity contribution < 1.29 is 33.4 Å². The summed E-state index contributed by atoms with van der Waals surface area (Å²) in [5, 5.41) is 17.9. The fraction of sp³-hybridized carbons (Fsp3) is 0.394. The Morgan fingerprint density at radius 3 is 2.18 bits per heavy atom. The summed E-state index contributed by atoms with van der Waals surface area (Å²) in [5.74, 6) is -2.85. The van der Waals surface area contributed by atoms with Crippen LogP contribution in [0, 0.1) is 5.82 Å². The molecule has 2 aromatic rings. The number of allylic oxidation sites excluding steroid dienone is 1. The number of nitrogens with one attached hydrogen (secondary N) is 3. The van der Waals surface area contributed by atoms with Crippen molar-refractivity contribution in [1.82, 2.24) is 20.9 Å². The largest absolute Gasteiger partial charge is 0.479 e. The molecule has 0 bridgehead atoms. The summed E-state index contributed by atoms with van der Waals surface area (Å²) >= 11 is 0. The van der Waals surface area contributed by atoms with E-state index in [1.165, 1.54) is 43.3 Å². The second-order valence-electron chi connectivity index (χ2n) is 11.9. The normalized spacial score (nSPS) is 13.2. The molecule has 0 aromatic heterocycles. The predicted octanol–water partition coefficient (Wildman–Crippen LogP) is 5.19. The predicted molar refractivity (Wildman–Crippen MR) is 165 cm³/mol. The molecule has 238 valence electrons. The van der Waals surface area contributed by atoms with E-state index in [1.807, 2.05) is 30.3 Å². The number of halogens is 1. The van der Waals surface area contributed by atoms with Gasteiger partial charge in [0.05, 0.1) is 0 Å². The molecule has 0 fully saturated rings. The summed E-state index contributed by atoms with van der Waals surface area (Å²) in [6.07, 6.45) is 3.40. The Morgan fingerprint density at radius 2 is 1.64 bits per heavy atom. The molecule has 4 N–H and O–H groups in total. The topological polar surface area (TPSA) is 137 Å². The molecule has 0 heterocycles. The average Bonchev–Trinajstić information content (AvgIpc) is 2.91. The maximum Gasteiger partial charge on any atom is 0.408 e. The molecule has 10 nitrogen and oxygen atoms in total. The second kappa shape index (κ2) is 15.7. The van der Waals surface area contributed by atoms with E-state index >= 15 is 0 Å². The zero-order chi connectivity index (χ0) is 33.1. The maximum absolute atomic E-state index is 13.5. The number of aryl methyl sites for hydroxylation is 1. The molecule has 0 radical (unpaired) electrons. The third-order valence-corrected chi connectivity index (χ3v) is 6.40. The van der Waals surface area contributed by atoms with Crippen LogP contribution in [0.4, 0.5) is 9.18 Å². The Hall–Kier alpha value is -4.67. The minimum atomic E-state index is -1.41. The summed E-state index contributed by atoms with van der Waals surface area (Å²) in [7, 11) is 0. The fourth-order valence-electron chi connectivity index (χ4n) is 4.24. The van der Waals surface area contributed by atoms with E-state index in [4.69, 9.17) is 4.74 Å². The van der Waals surface area contributed by atoms with Gasteiger partial charge in [0.25, 0.3) is 0 Å². The second-order valence-corrected chi connectivity index (χ2v) is 11.9. The Kier molecular flexibility index (Phi) is 12.7. The Labute approximate surface area is 258 Å². The Morgan fingerprint density at radius 1 is 1.02 bits per heavy atom. The minimum Gasteiger partial charge on any atom is -0.479 e. The van der Waals surface area contributed by atoms with Gasteiger partial charge in [0.15, 0.2) is 6.04 Å². The zero-order valence-electron chi connectivity index (χ0n) is 26.1. The van der Waals surface area contributed by atoms with E-state index in [0.29, 0.717) is 18.4 Å². The van der Waals surface area contributed by atoms with Gasteiger partial charge < -0.3 is 30.7 Å². The number of carbonyl (C=O) groups excluding carboxylic acids is 3. The van der Waals surface area contributed by atoms with Crippen molar-refractivity contribution in [2.75, 3.05) is 0 Å². The van der Waals surface area contributed by atoms with Crippen molar-refractivity contribution >= 4 is 23.9 Å². The number of aliphatic carboxylic acids is 1. The number of alkyl carbamates (subject to hydrolysis) is 1. The zero-order valence-corrected chi connectivity index (χ0v) is 26.1. The van der Waals surface area contributed by atoms with E-state index in [2.05, 4.69) is 22.5 Å². The lowest BCUT2D eigenvalue weighted by molar-refractivity contribution is -0.141. The van der Waals surface area contributed by atoms with Crippen LogP contribution in [-0.2, 0) is 25.5 Å². The van der Waals surface area contributed by atoms with Gasteiger partial charge >= 0.3 is 12.1 Å². The third-order valence-electron chi connectivity index (χ3n) is 6.40. The molecule has 2 unspecified atom stereocenters. The van der Waals surface area contributed by atoms with Crippen LogP contribution in [0.25, 0.3) is 0 Å². The molecule has 2 aromatic carbocycles. The highest BCUT2D eigenvalue weighted by atomic mass is 19.1. The van der Waals surface area contributed by atoms with Crippen molar-refractivity contribution in [2.24, 2.45) is 0 Å². The van der Waals surface area contributed by atoms with Crippen LogP contribution in [0.3, 0.4) is 0 Å². The summed E-state index contributed by atoms with van der Waals surface area (Å²) < 4.78 is 18.7. The van der Waals surface area contributed by atoms with Crippen molar-refractivity contribution in [3.8, 4) is 0 Å². The molecule has 0 aliphatic rings. The van der Waals surface area contributed by atoms with Crippen molar-refractivity contribution in [1.29, 1.82) is 0 Å². The van der Waals surface area contributed by atoms with E-state index in [9.17, 15) is 28.7 Å². The first-order chi connectivity index (χ1) is 20.5. The van der Waals surface area contributed by atoms with Crippen molar-refractivity contribution in [3.05, 3.63) is 96.2 Å². The Bertz CT molecular complexity index is 1340. The summed E-state index contributed by atoms with van der Waals surface area (Å²) in [5.41, 5.74) is -0.523. The lowest BCUT2D eigenvalue weighted by Crippen LogP contribution is -2.59. The molecule has 44 heavy (non-hydrogen) atoms. The van der Waals surface area contributed by atoms with Crippen molar-refractivity contribution in [3.63, 3.8) is 0 Å². The van der Waals surface area contributed by atoms with Gasteiger partial charge in [0.1, 0.15) is 23.0 Å². The highest BCUT2D eigenvalue weighted by Crippen LogP contribution is 2.23. The molecule has 0 aliphatic carbocycles. The molecule has 0 saturated heterocycles. The Balaban J connectivity index is 2.24. The standard InChI is InChI=1S/C33H43FN4O6/c1-8-38(27(29(40)41)24-17-19-25(34)20-18-24)21-22(2)35-28(39)26(16-12-15-23-13-10-9-11-14-23)36-30(42)33(6,7)37-31(43)44-32(3,4)5/h8-11,13-14,17-21,26-27H,1,12,15-16H2,2-7H3,(H,35,39)(H,36,42)(H,37,43)(H,40,41)/b22-21+. The number of carboxylic acid groups (broad SMARTS) is 1. The van der Waals surface area contributed by atoms with Crippen LogP contribution in [0.1, 0.15) is 71.6 Å². The van der Waals surface area contributed by atoms with Gasteiger partial charge in [-0.05, 0) is 90.3 Å². The molecule has 0 spiro atoms. The summed E-state index contributed by atoms with van der Waals surface area (Å²) in [6.45, 7) is 13.4. The molecule has 2 rings (SSSR count). The monoisotopic (exact) mass is 610 g/mol. The van der Waals surface area contributed by atoms with Crippen LogP contribution in [-0.4, -0.2) is 51.1 Å². The molecule has 0 saturated carbocycles. The number of ether oxygens (including phenoxy) is 1. The lowest BCUT2D eigenvalue weighted by Gasteiger charge is -2.29. The third kappa shape index (κ3) is 11.5. The molecule has 2 atom stereocenters. The van der Waals surface area contributed by atoms with E-state index in [1.54, 1.807) is 27.7 Å². The van der Waals surface area contributed by atoms with E-state index in [0.717, 1.165) is 17.7 Å².